The van der Waals surface area contributed by atoms with Gasteiger partial charge in [-0.05, 0) is 95.9 Å². The first kappa shape index (κ1) is 95.1. The van der Waals surface area contributed by atoms with E-state index in [9.17, 15) is 9.59 Å². The molecule has 4 fully saturated rings. The number of nitrogens with one attached hydrogen (secondary N) is 2. The Balaban J connectivity index is 0.913. The zero-order valence-corrected chi connectivity index (χ0v) is 74.4. The lowest BCUT2D eigenvalue weighted by molar-refractivity contribution is -0.370. The monoisotopic (exact) mass is 1760 g/mol. The van der Waals surface area contributed by atoms with Crippen molar-refractivity contribution in [2.45, 2.75) is 223 Å². The molecule has 4 saturated heterocycles. The van der Waals surface area contributed by atoms with Gasteiger partial charge in [0.1, 0.15) is 73.1 Å². The van der Waals surface area contributed by atoms with Crippen molar-refractivity contribution < 1.29 is 99.6 Å². The Morgan fingerprint density at radius 3 is 1.22 bits per heavy atom. The van der Waals surface area contributed by atoms with E-state index >= 15 is 0 Å². The number of nitrogens with two attached hydrogens (primary N) is 1. The van der Waals surface area contributed by atoms with Gasteiger partial charge in [-0.2, -0.15) is 0 Å². The van der Waals surface area contributed by atoms with Crippen LogP contribution in [0.4, 0.5) is 11.4 Å². The molecule has 0 radical (unpaired) electrons. The molecule has 4 heterocycles. The van der Waals surface area contributed by atoms with Gasteiger partial charge >= 0.3 is 11.9 Å². The SMILES string of the molecule is COC(OC1C(COCc2ccccc2)OC(OC2C(COCc3ccccc3)OC(OC(C)(C)CC(C)CN)C(Nc3ccccc3)C2OCc2ccccc2)C(Nc2ccccc2)C1OCc1ccccc1)C(OC(C)=O)C(O[C@H]1O[C@@H](COCc2ccccc2)C(OCc2ccccc2)C(OCc2ccccc2)C1OC(C)=O)C1OC(c2ccccc2)OCC1C. The van der Waals surface area contributed by atoms with E-state index in [1.165, 1.54) is 21.0 Å². The minimum atomic E-state index is -1.67. The van der Waals surface area contributed by atoms with E-state index in [2.05, 4.69) is 31.4 Å². The summed E-state index contributed by atoms with van der Waals surface area (Å²) in [5.74, 6) is -1.93. The summed E-state index contributed by atoms with van der Waals surface area (Å²) in [6.45, 7) is 11.8. The van der Waals surface area contributed by atoms with E-state index in [1.54, 1.807) is 0 Å². The predicted molar refractivity (Wildman–Crippen MR) is 486 cm³/mol. The second kappa shape index (κ2) is 48.8. The molecule has 0 bridgehead atoms. The fourth-order valence-corrected chi connectivity index (χ4v) is 16.9. The third-order valence-corrected chi connectivity index (χ3v) is 23.1. The van der Waals surface area contributed by atoms with Crippen molar-refractivity contribution in [3.63, 3.8) is 0 Å². The van der Waals surface area contributed by atoms with Gasteiger partial charge in [-0.1, -0.05) is 293 Å². The quantitative estimate of drug-likeness (QED) is 0.0236. The second-order valence-corrected chi connectivity index (χ2v) is 33.9. The topological polar surface area (TPSA) is 260 Å². The van der Waals surface area contributed by atoms with Crippen LogP contribution in [-0.2, 0) is 146 Å². The molecule has 0 amide bonds. The van der Waals surface area contributed by atoms with Crippen molar-refractivity contribution in [2.24, 2.45) is 17.6 Å². The Bertz CT molecular complexity index is 4850. The number of carbonyl (C=O) groups excluding carboxylic acids is 2. The predicted octanol–water partition coefficient (Wildman–Crippen LogP) is 16.6. The number of carbonyl (C=O) groups is 2. The van der Waals surface area contributed by atoms with Gasteiger partial charge in [0.05, 0.1) is 84.4 Å². The lowest BCUT2D eigenvalue weighted by Gasteiger charge is -2.52. The highest BCUT2D eigenvalue weighted by molar-refractivity contribution is 5.66. The number of methoxy groups -OCH3 is 1. The van der Waals surface area contributed by atoms with Crippen LogP contribution >= 0.6 is 0 Å². The number of anilines is 2. The molecule has 24 nitrogen and oxygen atoms in total. The summed E-state index contributed by atoms with van der Waals surface area (Å²) < 4.78 is 138. The Morgan fingerprint density at radius 1 is 0.426 bits per heavy atom. The third kappa shape index (κ3) is 27.8. The molecule has 4 aliphatic rings. The number of rotatable bonds is 46. The van der Waals surface area contributed by atoms with E-state index in [4.69, 9.17) is 95.7 Å². The second-order valence-electron chi connectivity index (χ2n) is 33.9. The van der Waals surface area contributed by atoms with Crippen LogP contribution < -0.4 is 16.4 Å². The molecule has 20 unspecified atom stereocenters. The average molecular weight is 1760 g/mol. The van der Waals surface area contributed by atoms with Crippen LogP contribution in [0.3, 0.4) is 0 Å². The maximum atomic E-state index is 14.8. The molecule has 0 spiro atoms. The summed E-state index contributed by atoms with van der Waals surface area (Å²) in [5, 5.41) is 7.72. The van der Waals surface area contributed by atoms with Crippen molar-refractivity contribution in [1.82, 2.24) is 0 Å². The van der Waals surface area contributed by atoms with E-state index in [0.29, 0.717) is 24.2 Å². The zero-order valence-electron chi connectivity index (χ0n) is 74.4. The normalized spacial score (nSPS) is 25.7. The van der Waals surface area contributed by atoms with Gasteiger partial charge in [-0.3, -0.25) is 9.59 Å². The molecule has 22 atom stereocenters. The average Bonchev–Trinajstić information content (AvgIpc) is 0.764. The number of hydrogen-bond acceptors (Lipinski definition) is 24. The van der Waals surface area contributed by atoms with Crippen molar-refractivity contribution >= 4 is 23.3 Å². The Labute approximate surface area is 757 Å². The minimum Gasteiger partial charge on any atom is -0.454 e. The summed E-state index contributed by atoms with van der Waals surface area (Å²) in [6, 6.07) is 95.8. The van der Waals surface area contributed by atoms with Gasteiger partial charge in [-0.15, -0.1) is 0 Å². The molecule has 684 valence electrons. The summed E-state index contributed by atoms with van der Waals surface area (Å²) in [5.41, 5.74) is 13.8. The largest absolute Gasteiger partial charge is 0.454 e. The van der Waals surface area contributed by atoms with Crippen LogP contribution in [0.15, 0.2) is 303 Å². The number of ether oxygens (including phenoxy) is 19. The van der Waals surface area contributed by atoms with E-state index in [-0.39, 0.29) is 78.6 Å². The van der Waals surface area contributed by atoms with Gasteiger partial charge in [0, 0.05) is 43.8 Å². The van der Waals surface area contributed by atoms with Gasteiger partial charge < -0.3 is 106 Å². The highest BCUT2D eigenvalue weighted by Gasteiger charge is 2.59. The Hall–Kier alpha value is -9.98. The van der Waals surface area contributed by atoms with Crippen LogP contribution in [-0.4, -0.2) is 174 Å². The maximum absolute atomic E-state index is 14.8. The summed E-state index contributed by atoms with van der Waals surface area (Å²) in [6.07, 6.45) is -21.5. The van der Waals surface area contributed by atoms with Gasteiger partial charge in [0.2, 0.25) is 0 Å². The molecular weight excluding hydrogens is 1640 g/mol. The first-order chi connectivity index (χ1) is 63.1. The minimum absolute atomic E-state index is 0.00993. The molecule has 4 N–H and O–H groups in total. The number of hydrogen-bond donors (Lipinski definition) is 3. The Morgan fingerprint density at radius 2 is 0.798 bits per heavy atom. The van der Waals surface area contributed by atoms with Gasteiger partial charge in [0.25, 0.3) is 0 Å². The highest BCUT2D eigenvalue weighted by atomic mass is 16.8. The molecule has 0 aromatic heterocycles. The first-order valence-electron chi connectivity index (χ1n) is 44.7. The number of esters is 2. The van der Waals surface area contributed by atoms with E-state index in [0.717, 1.165) is 44.6 Å². The fourth-order valence-electron chi connectivity index (χ4n) is 16.9. The lowest BCUT2D eigenvalue weighted by atomic mass is 9.92. The molecular formula is C105H123N3O21. The molecule has 4 aliphatic heterocycles. The van der Waals surface area contributed by atoms with E-state index in [1.807, 2.05) is 310 Å². The molecule has 129 heavy (non-hydrogen) atoms. The van der Waals surface area contributed by atoms with Crippen molar-refractivity contribution in [3.05, 3.63) is 348 Å². The summed E-state index contributed by atoms with van der Waals surface area (Å²) >= 11 is 0. The fraction of sp³-hybridized carbons (Fsp3) is 0.410. The van der Waals surface area contributed by atoms with Crippen molar-refractivity contribution in [1.29, 1.82) is 0 Å². The van der Waals surface area contributed by atoms with Crippen LogP contribution in [0, 0.1) is 11.8 Å². The molecule has 0 aliphatic carbocycles. The molecule has 24 heteroatoms. The van der Waals surface area contributed by atoms with Crippen LogP contribution in [0.2, 0.25) is 0 Å². The van der Waals surface area contributed by atoms with Crippen LogP contribution in [0.1, 0.15) is 98.8 Å². The van der Waals surface area contributed by atoms with Crippen LogP contribution in [0.5, 0.6) is 0 Å². The van der Waals surface area contributed by atoms with Crippen molar-refractivity contribution in [3.8, 4) is 0 Å². The maximum Gasteiger partial charge on any atom is 0.303 e. The van der Waals surface area contributed by atoms with Crippen molar-refractivity contribution in [2.75, 3.05) is 50.7 Å². The van der Waals surface area contributed by atoms with E-state index < -0.39 is 146 Å². The Kier molecular flexibility index (Phi) is 36.0. The van der Waals surface area contributed by atoms with Gasteiger partial charge in [0.15, 0.2) is 43.7 Å². The smallest absolute Gasteiger partial charge is 0.303 e. The molecule has 0 saturated carbocycles. The zero-order chi connectivity index (χ0) is 89.5. The number of para-hydroxylation sites is 2. The highest BCUT2D eigenvalue weighted by Crippen LogP contribution is 2.43. The third-order valence-electron chi connectivity index (χ3n) is 23.1. The van der Waals surface area contributed by atoms with Crippen LogP contribution in [0.25, 0.3) is 0 Å². The number of benzene rings is 10. The standard InChI is InChI=1S/C105H123N3O21/c1-71(59-106)58-105(5,6)129-102-89(108-84-56-36-17-37-57-84)95(117-66-80-48-28-13-29-49-80)92(87(123-102)70-114-63-77-42-22-10-23-43-77)126-101-88(107-83-54-34-16-35-55-83)94(116-65-79-46-26-12-27-47-79)93(86(122-101)69-113-62-76-40-20-9-21-41-76)127-103(111-7)99(121-74(4)110)97(90-72(2)60-119-100(125-90)82-52-32-15-33-53-82)128-104-98(120-73(3)109)96(118-67-81-50-30-14-31-51-81)91(115-64-78-44-24-11-25-45-78)85(124-104)68-112-61-75-38-18-8-19-39-75/h8-57,71-72,85-104,107-108H,58-70,106H2,1-7H3/t71?,72?,85-,86?,87?,88?,89?,90?,91?,92?,93?,94?,95?,96?,97?,98?,99?,100?,101?,102?,103?,104+/m0/s1. The summed E-state index contributed by atoms with van der Waals surface area (Å²) in [4.78, 5) is 29.0. The summed E-state index contributed by atoms with van der Waals surface area (Å²) in [7, 11) is 1.45. The first-order valence-corrected chi connectivity index (χ1v) is 44.7. The molecule has 10 aromatic rings. The molecule has 14 rings (SSSR count). The molecule has 10 aromatic carbocycles. The van der Waals surface area contributed by atoms with Gasteiger partial charge in [-0.25, -0.2) is 0 Å². The lowest BCUT2D eigenvalue weighted by Crippen LogP contribution is -2.69.